The van der Waals surface area contributed by atoms with Crippen molar-refractivity contribution in [1.29, 1.82) is 0 Å². The number of aromatic nitrogens is 1. The predicted octanol–water partition coefficient (Wildman–Crippen LogP) is 3.53. The first-order chi connectivity index (χ1) is 10.5. The van der Waals surface area contributed by atoms with E-state index in [0.29, 0.717) is 17.1 Å². The Hall–Kier alpha value is -2.08. The maximum atomic E-state index is 12.0. The highest BCUT2D eigenvalue weighted by Crippen LogP contribution is 2.30. The topological polar surface area (TPSA) is 57.7 Å². The second-order valence-electron chi connectivity index (χ2n) is 4.60. The molecule has 0 radical (unpaired) electrons. The van der Waals surface area contributed by atoms with Crippen molar-refractivity contribution in [1.82, 2.24) is 4.98 Å². The third-order valence-electron chi connectivity index (χ3n) is 3.14. The second kappa shape index (κ2) is 7.26. The van der Waals surface area contributed by atoms with E-state index in [-0.39, 0.29) is 6.61 Å². The Morgan fingerprint density at radius 3 is 2.45 bits per heavy atom. The smallest absolute Gasteiger partial charge is 0.340 e. The van der Waals surface area contributed by atoms with E-state index in [9.17, 15) is 4.79 Å². The van der Waals surface area contributed by atoms with Crippen molar-refractivity contribution < 1.29 is 19.0 Å². The minimum atomic E-state index is -0.428. The van der Waals surface area contributed by atoms with E-state index in [1.807, 2.05) is 13.0 Å². The summed E-state index contributed by atoms with van der Waals surface area (Å²) in [6.07, 6.45) is 3.07. The molecule has 22 heavy (non-hydrogen) atoms. The quantitative estimate of drug-likeness (QED) is 0.758. The van der Waals surface area contributed by atoms with Crippen LogP contribution in [0.5, 0.6) is 11.5 Å². The molecule has 0 aliphatic carbocycles. The fourth-order valence-electron chi connectivity index (χ4n) is 1.93. The summed E-state index contributed by atoms with van der Waals surface area (Å²) in [6, 6.07) is 5.32. The van der Waals surface area contributed by atoms with Crippen LogP contribution in [0.2, 0.25) is 0 Å². The van der Waals surface area contributed by atoms with Crippen molar-refractivity contribution >= 4 is 21.9 Å². The van der Waals surface area contributed by atoms with Crippen molar-refractivity contribution in [3.05, 3.63) is 51.8 Å². The van der Waals surface area contributed by atoms with Gasteiger partial charge in [0, 0.05) is 16.9 Å². The molecule has 0 amide bonds. The Balaban J connectivity index is 2.13. The van der Waals surface area contributed by atoms with Gasteiger partial charge in [-0.1, -0.05) is 0 Å². The van der Waals surface area contributed by atoms with Gasteiger partial charge in [-0.3, -0.25) is 4.98 Å². The van der Waals surface area contributed by atoms with Gasteiger partial charge >= 0.3 is 5.97 Å². The third-order valence-corrected chi connectivity index (χ3v) is 3.58. The fraction of sp³-hybridized carbons (Fsp3) is 0.250. The van der Waals surface area contributed by atoms with Gasteiger partial charge in [0.1, 0.15) is 6.61 Å². The summed E-state index contributed by atoms with van der Waals surface area (Å²) in [5, 5.41) is 0. The molecule has 5 nitrogen and oxygen atoms in total. The highest BCUT2D eigenvalue weighted by molar-refractivity contribution is 9.10. The van der Waals surface area contributed by atoms with Crippen molar-refractivity contribution in [3.63, 3.8) is 0 Å². The Bertz CT molecular complexity index is 688. The lowest BCUT2D eigenvalue weighted by Crippen LogP contribution is -2.07. The van der Waals surface area contributed by atoms with Crippen molar-refractivity contribution in [2.24, 2.45) is 0 Å². The van der Waals surface area contributed by atoms with Gasteiger partial charge in [-0.05, 0) is 52.2 Å². The lowest BCUT2D eigenvalue weighted by atomic mass is 10.1. The van der Waals surface area contributed by atoms with Crippen LogP contribution < -0.4 is 9.47 Å². The molecule has 6 heteroatoms. The van der Waals surface area contributed by atoms with Crippen LogP contribution >= 0.6 is 15.9 Å². The highest BCUT2D eigenvalue weighted by Gasteiger charge is 2.12. The van der Waals surface area contributed by atoms with Crippen LogP contribution in [0, 0.1) is 6.92 Å². The van der Waals surface area contributed by atoms with E-state index in [2.05, 4.69) is 20.9 Å². The highest BCUT2D eigenvalue weighted by atomic mass is 79.9. The number of benzene rings is 1. The molecule has 1 heterocycles. The molecule has 0 spiro atoms. The summed E-state index contributed by atoms with van der Waals surface area (Å²) in [6.45, 7) is 2.07. The Morgan fingerprint density at radius 2 is 1.82 bits per heavy atom. The molecule has 0 aliphatic rings. The average Bonchev–Trinajstić information content (AvgIpc) is 2.53. The molecule has 0 aliphatic heterocycles. The number of nitrogens with zero attached hydrogens (tertiary/aromatic N) is 1. The summed E-state index contributed by atoms with van der Waals surface area (Å²) in [5.74, 6) is 0.817. The lowest BCUT2D eigenvalue weighted by molar-refractivity contribution is 0.0471. The molecular formula is C16H16BrNO4. The van der Waals surface area contributed by atoms with E-state index in [4.69, 9.17) is 14.2 Å². The first kappa shape index (κ1) is 16.3. The van der Waals surface area contributed by atoms with Crippen LogP contribution in [0.15, 0.2) is 35.1 Å². The third kappa shape index (κ3) is 3.76. The zero-order valence-corrected chi connectivity index (χ0v) is 14.1. The Morgan fingerprint density at radius 1 is 1.14 bits per heavy atom. The second-order valence-corrected chi connectivity index (χ2v) is 5.52. The molecule has 0 atom stereocenters. The van der Waals surface area contributed by atoms with Gasteiger partial charge in [-0.2, -0.15) is 0 Å². The number of hydrogen-bond acceptors (Lipinski definition) is 5. The lowest BCUT2D eigenvalue weighted by Gasteiger charge is -2.13. The summed E-state index contributed by atoms with van der Waals surface area (Å²) in [5.41, 5.74) is 2.21. The molecule has 0 N–H and O–H groups in total. The molecule has 116 valence electrons. The van der Waals surface area contributed by atoms with Crippen LogP contribution in [-0.2, 0) is 11.3 Å². The van der Waals surface area contributed by atoms with Gasteiger partial charge in [-0.25, -0.2) is 4.79 Å². The number of carbonyl (C=O) groups is 1. The normalized spacial score (nSPS) is 10.2. The van der Waals surface area contributed by atoms with Crippen LogP contribution in [-0.4, -0.2) is 25.2 Å². The maximum absolute atomic E-state index is 12.0. The van der Waals surface area contributed by atoms with E-state index in [0.717, 1.165) is 15.6 Å². The number of hydrogen-bond donors (Lipinski definition) is 0. The van der Waals surface area contributed by atoms with Gasteiger partial charge in [0.25, 0.3) is 0 Å². The van der Waals surface area contributed by atoms with E-state index >= 15 is 0 Å². The van der Waals surface area contributed by atoms with Gasteiger partial charge in [0.05, 0.1) is 19.8 Å². The first-order valence-electron chi connectivity index (χ1n) is 6.54. The van der Waals surface area contributed by atoms with E-state index in [1.165, 1.54) is 6.20 Å². The molecule has 1 aromatic heterocycles. The van der Waals surface area contributed by atoms with Crippen LogP contribution in [0.4, 0.5) is 0 Å². The van der Waals surface area contributed by atoms with E-state index in [1.54, 1.807) is 32.5 Å². The summed E-state index contributed by atoms with van der Waals surface area (Å²) in [4.78, 5) is 16.0. The zero-order valence-electron chi connectivity index (χ0n) is 12.6. The Kier molecular flexibility index (Phi) is 5.38. The van der Waals surface area contributed by atoms with E-state index < -0.39 is 5.97 Å². The summed E-state index contributed by atoms with van der Waals surface area (Å²) in [7, 11) is 3.15. The van der Waals surface area contributed by atoms with Crippen LogP contribution in [0.25, 0.3) is 0 Å². The number of esters is 1. The number of ether oxygens (including phenoxy) is 3. The number of aryl methyl sites for hydroxylation is 1. The molecule has 2 aromatic rings. The fourth-order valence-corrected chi connectivity index (χ4v) is 2.29. The largest absolute Gasteiger partial charge is 0.493 e. The molecule has 0 bridgehead atoms. The molecular weight excluding hydrogens is 350 g/mol. The minimum absolute atomic E-state index is 0.150. The number of methoxy groups -OCH3 is 2. The van der Waals surface area contributed by atoms with Crippen molar-refractivity contribution in [2.75, 3.05) is 14.2 Å². The SMILES string of the molecule is COc1cc(C)c(COC(=O)c2cncc(Br)c2)cc1OC. The summed E-state index contributed by atoms with van der Waals surface area (Å²) >= 11 is 3.27. The number of rotatable bonds is 5. The zero-order chi connectivity index (χ0) is 16.1. The standard InChI is InChI=1S/C16H16BrNO4/c1-10-4-14(20-2)15(21-3)6-12(10)9-22-16(19)11-5-13(17)8-18-7-11/h4-8H,9H2,1-3H3. The van der Waals surface area contributed by atoms with Gasteiger partial charge < -0.3 is 14.2 Å². The molecule has 1 aromatic carbocycles. The van der Waals surface area contributed by atoms with Gasteiger partial charge in [0.15, 0.2) is 11.5 Å². The summed E-state index contributed by atoms with van der Waals surface area (Å²) < 4.78 is 16.5. The molecule has 0 unspecified atom stereocenters. The Labute approximate surface area is 137 Å². The molecule has 0 saturated heterocycles. The monoisotopic (exact) mass is 365 g/mol. The molecule has 0 saturated carbocycles. The molecule has 0 fully saturated rings. The van der Waals surface area contributed by atoms with Gasteiger partial charge in [-0.15, -0.1) is 0 Å². The predicted molar refractivity (Wildman–Crippen MR) is 85.3 cm³/mol. The van der Waals surface area contributed by atoms with Crippen LogP contribution in [0.3, 0.4) is 0 Å². The maximum Gasteiger partial charge on any atom is 0.340 e. The number of halogens is 1. The van der Waals surface area contributed by atoms with Crippen molar-refractivity contribution in [3.8, 4) is 11.5 Å². The first-order valence-corrected chi connectivity index (χ1v) is 7.33. The van der Waals surface area contributed by atoms with Crippen LogP contribution in [0.1, 0.15) is 21.5 Å². The number of carbonyl (C=O) groups excluding carboxylic acids is 1. The van der Waals surface area contributed by atoms with Crippen molar-refractivity contribution in [2.45, 2.75) is 13.5 Å². The van der Waals surface area contributed by atoms with Gasteiger partial charge in [0.2, 0.25) is 0 Å². The minimum Gasteiger partial charge on any atom is -0.493 e. The molecule has 2 rings (SSSR count). The average molecular weight is 366 g/mol. The number of pyridine rings is 1.